The van der Waals surface area contributed by atoms with E-state index in [1.54, 1.807) is 12.1 Å². The van der Waals surface area contributed by atoms with E-state index in [0.717, 1.165) is 12.8 Å². The summed E-state index contributed by atoms with van der Waals surface area (Å²) in [5, 5.41) is 2.91. The molecule has 1 amide bonds. The Morgan fingerprint density at radius 1 is 1.05 bits per heavy atom. The first-order valence-electron chi connectivity index (χ1n) is 7.69. The maximum absolute atomic E-state index is 12.2. The predicted octanol–water partition coefficient (Wildman–Crippen LogP) is 3.79. The van der Waals surface area contributed by atoms with Crippen LogP contribution in [0.3, 0.4) is 0 Å². The van der Waals surface area contributed by atoms with Crippen molar-refractivity contribution in [1.29, 1.82) is 0 Å². The van der Waals surface area contributed by atoms with Crippen LogP contribution in [0.4, 0.5) is 0 Å². The molecule has 0 spiro atoms. The van der Waals surface area contributed by atoms with Crippen molar-refractivity contribution in [2.75, 3.05) is 6.54 Å². The van der Waals surface area contributed by atoms with E-state index >= 15 is 0 Å². The summed E-state index contributed by atoms with van der Waals surface area (Å²) in [7, 11) is 0. The van der Waals surface area contributed by atoms with Gasteiger partial charge in [0.25, 0.3) is 5.91 Å². The highest BCUT2D eigenvalue weighted by atomic mass is 16.5. The Kier molecular flexibility index (Phi) is 7.06. The summed E-state index contributed by atoms with van der Waals surface area (Å²) >= 11 is 0. The molecular weight excluding hydrogens is 266 g/mol. The van der Waals surface area contributed by atoms with Gasteiger partial charge in [0.1, 0.15) is 11.5 Å². The standard InChI is InChI=1S/C17H27NO3/c1-6-7-8-18-17(19)14-9-15(20-12(2)3)11-16(10-14)21-13(4)5/h9-13H,6-8H2,1-5H3,(H,18,19). The van der Waals surface area contributed by atoms with Crippen molar-refractivity contribution < 1.29 is 14.3 Å². The summed E-state index contributed by atoms with van der Waals surface area (Å²) in [4.78, 5) is 12.2. The summed E-state index contributed by atoms with van der Waals surface area (Å²) in [6, 6.07) is 5.34. The minimum absolute atomic E-state index is 0.0512. The molecule has 0 heterocycles. The smallest absolute Gasteiger partial charge is 0.251 e. The van der Waals surface area contributed by atoms with E-state index in [9.17, 15) is 4.79 Å². The zero-order valence-electron chi connectivity index (χ0n) is 13.7. The van der Waals surface area contributed by atoms with E-state index in [-0.39, 0.29) is 18.1 Å². The number of nitrogens with one attached hydrogen (secondary N) is 1. The fourth-order valence-electron chi connectivity index (χ4n) is 1.86. The van der Waals surface area contributed by atoms with Crippen LogP contribution >= 0.6 is 0 Å². The molecule has 1 aromatic carbocycles. The Morgan fingerprint density at radius 3 is 2.00 bits per heavy atom. The van der Waals surface area contributed by atoms with Gasteiger partial charge in [-0.1, -0.05) is 13.3 Å². The Morgan fingerprint density at radius 2 is 1.57 bits per heavy atom. The molecule has 0 radical (unpaired) electrons. The van der Waals surface area contributed by atoms with Gasteiger partial charge in [-0.3, -0.25) is 4.79 Å². The molecule has 0 atom stereocenters. The number of ether oxygens (including phenoxy) is 2. The first-order chi connectivity index (χ1) is 9.92. The third kappa shape index (κ3) is 6.52. The molecule has 0 saturated heterocycles. The molecule has 0 bridgehead atoms. The third-order valence-corrected chi connectivity index (χ3v) is 2.70. The van der Waals surface area contributed by atoms with Gasteiger partial charge in [-0.2, -0.15) is 0 Å². The van der Waals surface area contributed by atoms with Crippen LogP contribution in [0.5, 0.6) is 11.5 Å². The van der Waals surface area contributed by atoms with Crippen LogP contribution in [-0.2, 0) is 0 Å². The molecule has 0 fully saturated rings. The number of hydrogen-bond donors (Lipinski definition) is 1. The molecule has 0 aliphatic rings. The van der Waals surface area contributed by atoms with Crippen molar-refractivity contribution in [3.8, 4) is 11.5 Å². The Bertz CT molecular complexity index is 427. The first-order valence-corrected chi connectivity index (χ1v) is 7.69. The summed E-state index contributed by atoms with van der Waals surface area (Å²) in [6.07, 6.45) is 2.13. The molecule has 4 nitrogen and oxygen atoms in total. The Labute approximate surface area is 127 Å². The number of hydrogen-bond acceptors (Lipinski definition) is 3. The van der Waals surface area contributed by atoms with Crippen LogP contribution in [0.2, 0.25) is 0 Å². The highest BCUT2D eigenvalue weighted by Gasteiger charge is 2.11. The fourth-order valence-corrected chi connectivity index (χ4v) is 1.86. The second-order valence-corrected chi connectivity index (χ2v) is 5.64. The molecular formula is C17H27NO3. The van der Waals surface area contributed by atoms with Crippen LogP contribution < -0.4 is 14.8 Å². The molecule has 4 heteroatoms. The van der Waals surface area contributed by atoms with E-state index in [0.29, 0.717) is 23.6 Å². The topological polar surface area (TPSA) is 47.6 Å². The van der Waals surface area contributed by atoms with Gasteiger partial charge in [0.15, 0.2) is 0 Å². The number of carbonyl (C=O) groups excluding carboxylic acids is 1. The molecule has 21 heavy (non-hydrogen) atoms. The van der Waals surface area contributed by atoms with Crippen molar-refractivity contribution in [3.63, 3.8) is 0 Å². The van der Waals surface area contributed by atoms with Crippen LogP contribution in [0.15, 0.2) is 18.2 Å². The van der Waals surface area contributed by atoms with Gasteiger partial charge < -0.3 is 14.8 Å². The minimum atomic E-state index is -0.0914. The number of unbranched alkanes of at least 4 members (excludes halogenated alkanes) is 1. The largest absolute Gasteiger partial charge is 0.491 e. The number of benzene rings is 1. The predicted molar refractivity (Wildman–Crippen MR) is 85.2 cm³/mol. The van der Waals surface area contributed by atoms with Crippen LogP contribution in [0.25, 0.3) is 0 Å². The van der Waals surface area contributed by atoms with Crippen LogP contribution in [0.1, 0.15) is 57.8 Å². The highest BCUT2D eigenvalue weighted by Crippen LogP contribution is 2.25. The van der Waals surface area contributed by atoms with Crippen LogP contribution in [-0.4, -0.2) is 24.7 Å². The SMILES string of the molecule is CCCCNC(=O)c1cc(OC(C)C)cc(OC(C)C)c1. The lowest BCUT2D eigenvalue weighted by molar-refractivity contribution is 0.0951. The molecule has 0 saturated carbocycles. The summed E-state index contributed by atoms with van der Waals surface area (Å²) < 4.78 is 11.4. The van der Waals surface area contributed by atoms with E-state index < -0.39 is 0 Å². The van der Waals surface area contributed by atoms with Crippen molar-refractivity contribution in [2.45, 2.75) is 59.7 Å². The lowest BCUT2D eigenvalue weighted by atomic mass is 10.1. The second kappa shape index (κ2) is 8.55. The van der Waals surface area contributed by atoms with Gasteiger partial charge in [-0.05, 0) is 46.2 Å². The summed E-state index contributed by atoms with van der Waals surface area (Å²) in [5.74, 6) is 1.22. The monoisotopic (exact) mass is 293 g/mol. The number of amides is 1. The minimum Gasteiger partial charge on any atom is -0.491 e. The fraction of sp³-hybridized carbons (Fsp3) is 0.588. The molecule has 1 rings (SSSR count). The molecule has 1 aromatic rings. The first kappa shape index (κ1) is 17.3. The molecule has 1 N–H and O–H groups in total. The van der Waals surface area contributed by atoms with Crippen LogP contribution in [0, 0.1) is 0 Å². The van der Waals surface area contributed by atoms with Gasteiger partial charge >= 0.3 is 0 Å². The molecule has 0 aliphatic carbocycles. The normalized spacial score (nSPS) is 10.8. The zero-order valence-corrected chi connectivity index (χ0v) is 13.7. The molecule has 0 aromatic heterocycles. The van der Waals surface area contributed by atoms with Crippen molar-refractivity contribution >= 4 is 5.91 Å². The van der Waals surface area contributed by atoms with Crippen molar-refractivity contribution in [3.05, 3.63) is 23.8 Å². The van der Waals surface area contributed by atoms with Crippen molar-refractivity contribution in [2.24, 2.45) is 0 Å². The average molecular weight is 293 g/mol. The Balaban J connectivity index is 2.92. The summed E-state index contributed by atoms with van der Waals surface area (Å²) in [6.45, 7) is 10.6. The molecule has 118 valence electrons. The second-order valence-electron chi connectivity index (χ2n) is 5.64. The highest BCUT2D eigenvalue weighted by molar-refractivity contribution is 5.95. The third-order valence-electron chi connectivity index (χ3n) is 2.70. The van der Waals surface area contributed by atoms with Gasteiger partial charge in [0, 0.05) is 18.2 Å². The maximum Gasteiger partial charge on any atom is 0.251 e. The van der Waals surface area contributed by atoms with E-state index in [1.807, 2.05) is 33.8 Å². The van der Waals surface area contributed by atoms with Gasteiger partial charge in [0.2, 0.25) is 0 Å². The number of rotatable bonds is 8. The molecule has 0 unspecified atom stereocenters. The zero-order chi connectivity index (χ0) is 15.8. The van der Waals surface area contributed by atoms with E-state index in [2.05, 4.69) is 12.2 Å². The van der Waals surface area contributed by atoms with Gasteiger partial charge in [-0.25, -0.2) is 0 Å². The van der Waals surface area contributed by atoms with Gasteiger partial charge in [-0.15, -0.1) is 0 Å². The average Bonchev–Trinajstić information content (AvgIpc) is 2.36. The quantitative estimate of drug-likeness (QED) is 0.742. The maximum atomic E-state index is 12.2. The van der Waals surface area contributed by atoms with Gasteiger partial charge in [0.05, 0.1) is 12.2 Å². The summed E-state index contributed by atoms with van der Waals surface area (Å²) in [5.41, 5.74) is 0.569. The van der Waals surface area contributed by atoms with Crippen molar-refractivity contribution in [1.82, 2.24) is 5.32 Å². The van der Waals surface area contributed by atoms with E-state index in [4.69, 9.17) is 9.47 Å². The lowest BCUT2D eigenvalue weighted by Crippen LogP contribution is -2.24. The van der Waals surface area contributed by atoms with E-state index in [1.165, 1.54) is 0 Å². The Hall–Kier alpha value is -1.71. The number of carbonyl (C=O) groups is 1. The molecule has 0 aliphatic heterocycles. The lowest BCUT2D eigenvalue weighted by Gasteiger charge is -2.15.